The Bertz CT molecular complexity index is 313. The summed E-state index contributed by atoms with van der Waals surface area (Å²) in [6.07, 6.45) is 11.7. The van der Waals surface area contributed by atoms with E-state index in [1.807, 2.05) is 12.4 Å². The quantitative estimate of drug-likeness (QED) is 0.478. The van der Waals surface area contributed by atoms with Crippen LogP contribution in [0.1, 0.15) is 49.9 Å². The molecule has 0 aliphatic heterocycles. The SMILES string of the molecule is C=CCCCCCCCn1cnc(C)c1C. The molecule has 2 heteroatoms. The van der Waals surface area contributed by atoms with Crippen LogP contribution in [0.3, 0.4) is 0 Å². The van der Waals surface area contributed by atoms with Crippen LogP contribution in [0.2, 0.25) is 0 Å². The van der Waals surface area contributed by atoms with Gasteiger partial charge in [-0.05, 0) is 33.1 Å². The Labute approximate surface area is 99.4 Å². The predicted octanol–water partition coefficient (Wildman–Crippen LogP) is 4.03. The summed E-state index contributed by atoms with van der Waals surface area (Å²) in [5, 5.41) is 0. The van der Waals surface area contributed by atoms with Crippen LogP contribution in [0, 0.1) is 13.8 Å². The van der Waals surface area contributed by atoms with Gasteiger partial charge in [0.2, 0.25) is 0 Å². The molecule has 1 rings (SSSR count). The molecule has 90 valence electrons. The number of unbranched alkanes of at least 4 members (excludes halogenated alkanes) is 5. The van der Waals surface area contributed by atoms with E-state index in [0.717, 1.165) is 12.2 Å². The maximum Gasteiger partial charge on any atom is 0.0951 e. The molecule has 0 unspecified atom stereocenters. The molecule has 16 heavy (non-hydrogen) atoms. The van der Waals surface area contributed by atoms with Gasteiger partial charge in [-0.1, -0.05) is 25.3 Å². The summed E-state index contributed by atoms with van der Waals surface area (Å²) in [5.74, 6) is 0. The van der Waals surface area contributed by atoms with E-state index < -0.39 is 0 Å². The van der Waals surface area contributed by atoms with E-state index in [0.29, 0.717) is 0 Å². The number of hydrogen-bond acceptors (Lipinski definition) is 1. The highest BCUT2D eigenvalue weighted by molar-refractivity contribution is 5.08. The monoisotopic (exact) mass is 220 g/mol. The first-order chi connectivity index (χ1) is 7.75. The Kier molecular flexibility index (Phi) is 5.91. The van der Waals surface area contributed by atoms with E-state index in [2.05, 4.69) is 30.0 Å². The van der Waals surface area contributed by atoms with Crippen molar-refractivity contribution in [1.82, 2.24) is 9.55 Å². The standard InChI is InChI=1S/C14H24N2/c1-4-5-6-7-8-9-10-11-16-12-15-13(2)14(16)3/h4,12H,1,5-11H2,2-3H3. The minimum absolute atomic E-state index is 1.12. The second kappa shape index (κ2) is 7.26. The molecule has 0 bridgehead atoms. The van der Waals surface area contributed by atoms with Crippen LogP contribution < -0.4 is 0 Å². The summed E-state index contributed by atoms with van der Waals surface area (Å²) >= 11 is 0. The number of allylic oxidation sites excluding steroid dienone is 1. The van der Waals surface area contributed by atoms with E-state index in [-0.39, 0.29) is 0 Å². The number of nitrogens with zero attached hydrogens (tertiary/aromatic N) is 2. The van der Waals surface area contributed by atoms with Crippen LogP contribution >= 0.6 is 0 Å². The molecule has 0 N–H and O–H groups in total. The Hall–Kier alpha value is -1.05. The number of rotatable bonds is 8. The van der Waals surface area contributed by atoms with Crippen LogP contribution in [0.25, 0.3) is 0 Å². The Morgan fingerprint density at radius 1 is 1.19 bits per heavy atom. The van der Waals surface area contributed by atoms with Gasteiger partial charge in [-0.3, -0.25) is 0 Å². The molecule has 1 heterocycles. The molecule has 0 spiro atoms. The Morgan fingerprint density at radius 2 is 1.88 bits per heavy atom. The van der Waals surface area contributed by atoms with Gasteiger partial charge in [0, 0.05) is 12.2 Å². The maximum absolute atomic E-state index is 4.31. The topological polar surface area (TPSA) is 17.8 Å². The molecule has 0 fully saturated rings. The molecular weight excluding hydrogens is 196 g/mol. The van der Waals surface area contributed by atoms with Crippen molar-refractivity contribution in [2.45, 2.75) is 58.9 Å². The first-order valence-corrected chi connectivity index (χ1v) is 6.35. The molecule has 1 aromatic heterocycles. The molecule has 0 amide bonds. The molecule has 0 saturated carbocycles. The van der Waals surface area contributed by atoms with E-state index in [1.54, 1.807) is 0 Å². The van der Waals surface area contributed by atoms with Crippen LogP contribution in [-0.2, 0) is 6.54 Å². The van der Waals surface area contributed by atoms with E-state index in [1.165, 1.54) is 44.2 Å². The number of hydrogen-bond donors (Lipinski definition) is 0. The van der Waals surface area contributed by atoms with Gasteiger partial charge < -0.3 is 4.57 Å². The highest BCUT2D eigenvalue weighted by Gasteiger charge is 2.00. The summed E-state index contributed by atoms with van der Waals surface area (Å²) in [4.78, 5) is 4.31. The van der Waals surface area contributed by atoms with Crippen molar-refractivity contribution in [2.24, 2.45) is 0 Å². The molecule has 0 saturated heterocycles. The van der Waals surface area contributed by atoms with Crippen LogP contribution in [0.15, 0.2) is 19.0 Å². The zero-order valence-electron chi connectivity index (χ0n) is 10.7. The molecule has 0 aliphatic rings. The summed E-state index contributed by atoms with van der Waals surface area (Å²) in [7, 11) is 0. The summed E-state index contributed by atoms with van der Waals surface area (Å²) in [6, 6.07) is 0. The summed E-state index contributed by atoms with van der Waals surface area (Å²) < 4.78 is 2.26. The fourth-order valence-electron chi connectivity index (χ4n) is 1.87. The lowest BCUT2D eigenvalue weighted by Crippen LogP contribution is -1.98. The van der Waals surface area contributed by atoms with Crippen LogP contribution in [0.5, 0.6) is 0 Å². The average molecular weight is 220 g/mol. The lowest BCUT2D eigenvalue weighted by Gasteiger charge is -2.05. The van der Waals surface area contributed by atoms with Gasteiger partial charge >= 0.3 is 0 Å². The number of aryl methyl sites for hydroxylation is 2. The molecule has 0 aliphatic carbocycles. The lowest BCUT2D eigenvalue weighted by molar-refractivity contribution is 0.556. The number of aromatic nitrogens is 2. The van der Waals surface area contributed by atoms with Crippen molar-refractivity contribution < 1.29 is 0 Å². The molecule has 0 atom stereocenters. The van der Waals surface area contributed by atoms with E-state index in [9.17, 15) is 0 Å². The summed E-state index contributed by atoms with van der Waals surface area (Å²) in [5.41, 5.74) is 2.47. The van der Waals surface area contributed by atoms with Gasteiger partial charge in [0.1, 0.15) is 0 Å². The number of imidazole rings is 1. The van der Waals surface area contributed by atoms with Gasteiger partial charge in [0.15, 0.2) is 0 Å². The van der Waals surface area contributed by atoms with Crippen molar-refractivity contribution in [3.8, 4) is 0 Å². The molecule has 2 nitrogen and oxygen atoms in total. The van der Waals surface area contributed by atoms with Crippen LogP contribution in [0.4, 0.5) is 0 Å². The second-order valence-electron chi connectivity index (χ2n) is 4.45. The van der Waals surface area contributed by atoms with Crippen molar-refractivity contribution in [3.63, 3.8) is 0 Å². The minimum atomic E-state index is 1.12. The lowest BCUT2D eigenvalue weighted by atomic mass is 10.1. The Balaban J connectivity index is 2.07. The minimum Gasteiger partial charge on any atom is -0.335 e. The first kappa shape index (κ1) is 13.0. The fraction of sp³-hybridized carbons (Fsp3) is 0.643. The van der Waals surface area contributed by atoms with Crippen molar-refractivity contribution in [1.29, 1.82) is 0 Å². The zero-order chi connectivity index (χ0) is 11.8. The molecular formula is C14H24N2. The normalized spacial score (nSPS) is 10.6. The Morgan fingerprint density at radius 3 is 2.50 bits per heavy atom. The summed E-state index contributed by atoms with van der Waals surface area (Å²) in [6.45, 7) is 9.07. The van der Waals surface area contributed by atoms with Gasteiger partial charge in [0.05, 0.1) is 12.0 Å². The van der Waals surface area contributed by atoms with E-state index >= 15 is 0 Å². The third kappa shape index (κ3) is 4.21. The van der Waals surface area contributed by atoms with Gasteiger partial charge in [0.25, 0.3) is 0 Å². The largest absolute Gasteiger partial charge is 0.335 e. The van der Waals surface area contributed by atoms with Gasteiger partial charge in [-0.15, -0.1) is 6.58 Å². The molecule has 0 radical (unpaired) electrons. The smallest absolute Gasteiger partial charge is 0.0951 e. The molecule has 1 aromatic rings. The third-order valence-corrected chi connectivity index (χ3v) is 3.15. The predicted molar refractivity (Wildman–Crippen MR) is 69.6 cm³/mol. The highest BCUT2D eigenvalue weighted by atomic mass is 15.0. The van der Waals surface area contributed by atoms with Crippen molar-refractivity contribution >= 4 is 0 Å². The van der Waals surface area contributed by atoms with Gasteiger partial charge in [-0.2, -0.15) is 0 Å². The van der Waals surface area contributed by atoms with E-state index in [4.69, 9.17) is 0 Å². The fourth-order valence-corrected chi connectivity index (χ4v) is 1.87. The maximum atomic E-state index is 4.31. The van der Waals surface area contributed by atoms with Gasteiger partial charge in [-0.25, -0.2) is 4.98 Å². The second-order valence-corrected chi connectivity index (χ2v) is 4.45. The zero-order valence-corrected chi connectivity index (χ0v) is 10.7. The third-order valence-electron chi connectivity index (χ3n) is 3.15. The first-order valence-electron chi connectivity index (χ1n) is 6.35. The van der Waals surface area contributed by atoms with Crippen LogP contribution in [-0.4, -0.2) is 9.55 Å². The average Bonchev–Trinajstić information content (AvgIpc) is 2.59. The molecule has 0 aromatic carbocycles. The van der Waals surface area contributed by atoms with Crippen molar-refractivity contribution in [2.75, 3.05) is 0 Å². The van der Waals surface area contributed by atoms with Crippen molar-refractivity contribution in [3.05, 3.63) is 30.4 Å². The highest BCUT2D eigenvalue weighted by Crippen LogP contribution is 2.09.